The summed E-state index contributed by atoms with van der Waals surface area (Å²) in [5.74, 6) is 0.446. The molecule has 1 aromatic heterocycles. The number of pyridine rings is 1. The normalized spacial score (nSPS) is 10.9. The number of hydrogen-bond donors (Lipinski definition) is 2. The summed E-state index contributed by atoms with van der Waals surface area (Å²) in [5.41, 5.74) is 1.85. The van der Waals surface area contributed by atoms with Crippen molar-refractivity contribution >= 4 is 45.9 Å². The number of guanidine groups is 1. The smallest absolute Gasteiger partial charge is 0.191 e. The minimum atomic E-state index is -0.266. The van der Waals surface area contributed by atoms with E-state index in [1.807, 2.05) is 31.2 Å². The maximum Gasteiger partial charge on any atom is 0.191 e. The van der Waals surface area contributed by atoms with Gasteiger partial charge >= 0.3 is 0 Å². The van der Waals surface area contributed by atoms with Crippen LogP contribution in [0.5, 0.6) is 0 Å². The molecule has 0 saturated heterocycles. The molecule has 130 valence electrons. The molecule has 1 aromatic carbocycles. The summed E-state index contributed by atoms with van der Waals surface area (Å²) >= 11 is 3.29. The molecule has 0 unspecified atom stereocenters. The van der Waals surface area contributed by atoms with Gasteiger partial charge in [-0.15, -0.1) is 24.0 Å². The van der Waals surface area contributed by atoms with Gasteiger partial charge in [-0.05, 0) is 42.8 Å². The van der Waals surface area contributed by atoms with E-state index in [2.05, 4.69) is 36.5 Å². The van der Waals surface area contributed by atoms with Gasteiger partial charge in [-0.1, -0.05) is 22.0 Å². The zero-order chi connectivity index (χ0) is 16.5. The Hall–Kier alpha value is -1.22. The summed E-state index contributed by atoms with van der Waals surface area (Å²) in [4.78, 5) is 8.77. The van der Waals surface area contributed by atoms with Gasteiger partial charge in [-0.2, -0.15) is 0 Å². The van der Waals surface area contributed by atoms with Crippen molar-refractivity contribution in [2.24, 2.45) is 4.99 Å². The van der Waals surface area contributed by atoms with Crippen LogP contribution in [0.1, 0.15) is 18.2 Å². The molecule has 0 fully saturated rings. The molecular weight excluding hydrogens is 486 g/mol. The lowest BCUT2D eigenvalue weighted by molar-refractivity contribution is 0.624. The van der Waals surface area contributed by atoms with Crippen LogP contribution >= 0.6 is 39.9 Å². The van der Waals surface area contributed by atoms with Crippen molar-refractivity contribution in [3.8, 4) is 0 Å². The molecule has 0 saturated carbocycles. The van der Waals surface area contributed by atoms with Crippen molar-refractivity contribution in [2.45, 2.75) is 19.9 Å². The lowest BCUT2D eigenvalue weighted by Crippen LogP contribution is -2.38. The summed E-state index contributed by atoms with van der Waals surface area (Å²) in [7, 11) is 0. The third-order valence-corrected chi connectivity index (χ3v) is 3.54. The fourth-order valence-electron chi connectivity index (χ4n) is 2.07. The standard InChI is InChI=1S/C17H20BrFN4.HI/c1-2-20-17(22-8-6-16-5-3-4-7-21-16)23-12-13-9-14(18)11-15(19)10-13;/h3-5,7,9-11H,2,6,8,12H2,1H3,(H2,20,22,23);1H. The van der Waals surface area contributed by atoms with Gasteiger partial charge in [0.2, 0.25) is 0 Å². The summed E-state index contributed by atoms with van der Waals surface area (Å²) < 4.78 is 14.1. The predicted octanol–water partition coefficient (Wildman–Crippen LogP) is 3.90. The van der Waals surface area contributed by atoms with Gasteiger partial charge < -0.3 is 10.6 Å². The van der Waals surface area contributed by atoms with E-state index in [1.165, 1.54) is 12.1 Å². The van der Waals surface area contributed by atoms with Gasteiger partial charge in [0.25, 0.3) is 0 Å². The molecule has 0 aliphatic heterocycles. The number of aliphatic imine (C=N–C) groups is 1. The van der Waals surface area contributed by atoms with Gasteiger partial charge in [-0.3, -0.25) is 4.98 Å². The predicted molar refractivity (Wildman–Crippen MR) is 110 cm³/mol. The third-order valence-electron chi connectivity index (χ3n) is 3.09. The highest BCUT2D eigenvalue weighted by molar-refractivity contribution is 14.0. The number of benzene rings is 1. The van der Waals surface area contributed by atoms with E-state index in [4.69, 9.17) is 0 Å². The van der Waals surface area contributed by atoms with Crippen molar-refractivity contribution in [1.82, 2.24) is 15.6 Å². The molecule has 7 heteroatoms. The Balaban J connectivity index is 0.00000288. The van der Waals surface area contributed by atoms with Crippen molar-refractivity contribution in [1.29, 1.82) is 0 Å². The van der Waals surface area contributed by atoms with Crippen molar-refractivity contribution in [3.63, 3.8) is 0 Å². The van der Waals surface area contributed by atoms with Gasteiger partial charge in [-0.25, -0.2) is 9.38 Å². The summed E-state index contributed by atoms with van der Waals surface area (Å²) in [6.45, 7) is 3.92. The average molecular weight is 507 g/mol. The third kappa shape index (κ3) is 7.57. The minimum Gasteiger partial charge on any atom is -0.357 e. The molecule has 2 rings (SSSR count). The van der Waals surface area contributed by atoms with Crippen LogP contribution in [0, 0.1) is 5.82 Å². The van der Waals surface area contributed by atoms with Crippen LogP contribution < -0.4 is 10.6 Å². The Bertz CT molecular complexity index is 632. The van der Waals surface area contributed by atoms with Gasteiger partial charge in [0.05, 0.1) is 6.54 Å². The Morgan fingerprint density at radius 3 is 2.75 bits per heavy atom. The first-order valence-corrected chi connectivity index (χ1v) is 8.33. The molecule has 0 amide bonds. The fraction of sp³-hybridized carbons (Fsp3) is 0.294. The Kier molecular flexibility index (Phi) is 9.85. The zero-order valence-electron chi connectivity index (χ0n) is 13.4. The van der Waals surface area contributed by atoms with Crippen LogP contribution in [0.2, 0.25) is 0 Å². The molecular formula is C17H21BrFIN4. The first-order chi connectivity index (χ1) is 11.2. The second-order valence-corrected chi connectivity index (χ2v) is 5.89. The Morgan fingerprint density at radius 2 is 2.08 bits per heavy atom. The van der Waals surface area contributed by atoms with E-state index < -0.39 is 0 Å². The molecule has 0 radical (unpaired) electrons. The van der Waals surface area contributed by atoms with E-state index in [9.17, 15) is 4.39 Å². The van der Waals surface area contributed by atoms with Crippen molar-refractivity contribution < 1.29 is 4.39 Å². The van der Waals surface area contributed by atoms with E-state index >= 15 is 0 Å². The molecule has 1 heterocycles. The summed E-state index contributed by atoms with van der Waals surface area (Å²) in [6.07, 6.45) is 2.60. The van der Waals surface area contributed by atoms with E-state index in [0.29, 0.717) is 12.5 Å². The largest absolute Gasteiger partial charge is 0.357 e. The zero-order valence-corrected chi connectivity index (χ0v) is 17.3. The second kappa shape index (κ2) is 11.4. The first-order valence-electron chi connectivity index (χ1n) is 7.54. The maximum absolute atomic E-state index is 13.4. The lowest BCUT2D eigenvalue weighted by Gasteiger charge is -2.11. The highest BCUT2D eigenvalue weighted by Gasteiger charge is 2.01. The summed E-state index contributed by atoms with van der Waals surface area (Å²) in [5, 5.41) is 6.44. The van der Waals surface area contributed by atoms with Crippen LogP contribution in [0.25, 0.3) is 0 Å². The summed E-state index contributed by atoms with van der Waals surface area (Å²) in [6, 6.07) is 10.7. The molecule has 2 N–H and O–H groups in total. The van der Waals surface area contributed by atoms with E-state index in [1.54, 1.807) is 6.20 Å². The first kappa shape index (κ1) is 20.8. The molecule has 0 bridgehead atoms. The number of nitrogens with zero attached hydrogens (tertiary/aromatic N) is 2. The number of aromatic nitrogens is 1. The molecule has 2 aromatic rings. The van der Waals surface area contributed by atoms with Crippen LogP contribution in [0.4, 0.5) is 4.39 Å². The average Bonchev–Trinajstić information content (AvgIpc) is 2.53. The monoisotopic (exact) mass is 506 g/mol. The van der Waals surface area contributed by atoms with Gasteiger partial charge in [0, 0.05) is 35.9 Å². The van der Waals surface area contributed by atoms with Crippen LogP contribution in [-0.2, 0) is 13.0 Å². The quantitative estimate of drug-likeness (QED) is 0.355. The SMILES string of the molecule is CCNC(=NCc1cc(F)cc(Br)c1)NCCc1ccccn1.I. The lowest BCUT2D eigenvalue weighted by atomic mass is 10.2. The molecule has 0 atom stereocenters. The van der Waals surface area contributed by atoms with Gasteiger partial charge in [0.1, 0.15) is 5.82 Å². The van der Waals surface area contributed by atoms with Crippen molar-refractivity contribution in [3.05, 3.63) is 64.1 Å². The molecule has 4 nitrogen and oxygen atoms in total. The molecule has 0 aliphatic rings. The maximum atomic E-state index is 13.4. The van der Waals surface area contributed by atoms with Crippen molar-refractivity contribution in [2.75, 3.05) is 13.1 Å². The number of hydrogen-bond acceptors (Lipinski definition) is 2. The van der Waals surface area contributed by atoms with Crippen LogP contribution in [-0.4, -0.2) is 24.0 Å². The molecule has 0 aliphatic carbocycles. The molecule has 0 spiro atoms. The van der Waals surface area contributed by atoms with E-state index in [0.717, 1.165) is 35.2 Å². The number of nitrogens with one attached hydrogen (secondary N) is 2. The highest BCUT2D eigenvalue weighted by Crippen LogP contribution is 2.15. The topological polar surface area (TPSA) is 49.3 Å². The number of halogens is 3. The number of rotatable bonds is 6. The molecule has 24 heavy (non-hydrogen) atoms. The van der Waals surface area contributed by atoms with Crippen LogP contribution in [0.15, 0.2) is 52.1 Å². The highest BCUT2D eigenvalue weighted by atomic mass is 127. The van der Waals surface area contributed by atoms with Crippen LogP contribution in [0.3, 0.4) is 0 Å². The van der Waals surface area contributed by atoms with Gasteiger partial charge in [0.15, 0.2) is 5.96 Å². The minimum absolute atomic E-state index is 0. The fourth-order valence-corrected chi connectivity index (χ4v) is 2.58. The Morgan fingerprint density at radius 1 is 1.25 bits per heavy atom. The van der Waals surface area contributed by atoms with E-state index in [-0.39, 0.29) is 29.8 Å². The second-order valence-electron chi connectivity index (χ2n) is 4.97. The Labute approximate surface area is 167 Å².